The van der Waals surface area contributed by atoms with E-state index in [1.54, 1.807) is 0 Å². The van der Waals surface area contributed by atoms with Crippen LogP contribution < -0.4 is 5.32 Å². The van der Waals surface area contributed by atoms with E-state index < -0.39 is 23.8 Å². The number of nitrogens with one attached hydrogen (secondary N) is 1. The second-order valence-corrected chi connectivity index (χ2v) is 2.76. The number of hydrogen-bond donors (Lipinski definition) is 3. The SMILES string of the molecule is O=C(O)CCC(=O)NC(=O)CCC(=O)O. The van der Waals surface area contributed by atoms with Crippen LogP contribution in [-0.4, -0.2) is 34.0 Å². The molecule has 0 aromatic heterocycles. The van der Waals surface area contributed by atoms with E-state index >= 15 is 0 Å². The van der Waals surface area contributed by atoms with Gasteiger partial charge in [-0.15, -0.1) is 0 Å². The molecular formula is C8H11NO6. The molecule has 7 nitrogen and oxygen atoms in total. The van der Waals surface area contributed by atoms with Gasteiger partial charge in [-0.2, -0.15) is 0 Å². The highest BCUT2D eigenvalue weighted by Gasteiger charge is 2.10. The molecule has 0 atom stereocenters. The number of carboxylic acids is 2. The van der Waals surface area contributed by atoms with Gasteiger partial charge in [0, 0.05) is 12.8 Å². The Morgan fingerprint density at radius 3 is 1.33 bits per heavy atom. The lowest BCUT2D eigenvalue weighted by molar-refractivity contribution is -0.140. The maximum Gasteiger partial charge on any atom is 0.303 e. The van der Waals surface area contributed by atoms with Crippen LogP contribution in [0, 0.1) is 0 Å². The van der Waals surface area contributed by atoms with Crippen LogP contribution in [0.25, 0.3) is 0 Å². The monoisotopic (exact) mass is 217 g/mol. The first-order valence-electron chi connectivity index (χ1n) is 4.18. The van der Waals surface area contributed by atoms with Crippen LogP contribution in [0.1, 0.15) is 25.7 Å². The summed E-state index contributed by atoms with van der Waals surface area (Å²) in [5.74, 6) is -3.70. The quantitative estimate of drug-likeness (QED) is 0.544. The van der Waals surface area contributed by atoms with E-state index in [0.29, 0.717) is 0 Å². The average Bonchev–Trinajstić information content (AvgIpc) is 2.11. The highest BCUT2D eigenvalue weighted by molar-refractivity contribution is 5.96. The number of aliphatic carboxylic acids is 2. The van der Waals surface area contributed by atoms with Crippen molar-refractivity contribution in [1.29, 1.82) is 0 Å². The van der Waals surface area contributed by atoms with Gasteiger partial charge in [0.05, 0.1) is 12.8 Å². The molecule has 0 spiro atoms. The third kappa shape index (κ3) is 8.41. The highest BCUT2D eigenvalue weighted by Crippen LogP contribution is 1.92. The molecule has 0 rings (SSSR count). The Labute approximate surface area is 85.1 Å². The normalized spacial score (nSPS) is 9.33. The molecule has 7 heteroatoms. The van der Waals surface area contributed by atoms with Gasteiger partial charge in [0.2, 0.25) is 11.8 Å². The Morgan fingerprint density at radius 2 is 1.07 bits per heavy atom. The molecule has 0 bridgehead atoms. The summed E-state index contributed by atoms with van der Waals surface area (Å²) < 4.78 is 0. The standard InChI is InChI=1S/C8H11NO6/c10-5(1-3-7(12)13)9-6(11)2-4-8(14)15/h1-4H2,(H,12,13)(H,14,15)(H,9,10,11). The van der Waals surface area contributed by atoms with Crippen molar-refractivity contribution >= 4 is 23.8 Å². The van der Waals surface area contributed by atoms with Gasteiger partial charge in [-0.05, 0) is 0 Å². The molecule has 0 fully saturated rings. The van der Waals surface area contributed by atoms with Crippen LogP contribution in [0.5, 0.6) is 0 Å². The minimum Gasteiger partial charge on any atom is -0.481 e. The number of rotatable bonds is 6. The van der Waals surface area contributed by atoms with Gasteiger partial charge in [-0.3, -0.25) is 24.5 Å². The maximum atomic E-state index is 10.9. The van der Waals surface area contributed by atoms with Crippen molar-refractivity contribution in [3.05, 3.63) is 0 Å². The second kappa shape index (κ2) is 6.52. The van der Waals surface area contributed by atoms with Crippen LogP contribution in [0.15, 0.2) is 0 Å². The molecule has 0 saturated carbocycles. The van der Waals surface area contributed by atoms with Crippen LogP contribution in [0.3, 0.4) is 0 Å². The number of carboxylic acid groups (broad SMARTS) is 2. The average molecular weight is 217 g/mol. The molecule has 0 aliphatic rings. The maximum absolute atomic E-state index is 10.9. The summed E-state index contributed by atoms with van der Waals surface area (Å²) in [4.78, 5) is 41.8. The summed E-state index contributed by atoms with van der Waals surface area (Å²) in [7, 11) is 0. The number of hydrogen-bond acceptors (Lipinski definition) is 4. The van der Waals surface area contributed by atoms with Gasteiger partial charge < -0.3 is 10.2 Å². The van der Waals surface area contributed by atoms with E-state index in [1.807, 2.05) is 5.32 Å². The van der Waals surface area contributed by atoms with Gasteiger partial charge in [0.25, 0.3) is 0 Å². The summed E-state index contributed by atoms with van der Waals surface area (Å²) in [6, 6.07) is 0. The zero-order valence-electron chi connectivity index (χ0n) is 7.86. The minimum atomic E-state index is -1.14. The van der Waals surface area contributed by atoms with Gasteiger partial charge in [0.1, 0.15) is 0 Å². The highest BCUT2D eigenvalue weighted by atomic mass is 16.4. The van der Waals surface area contributed by atoms with Crippen LogP contribution in [0.2, 0.25) is 0 Å². The van der Waals surface area contributed by atoms with Gasteiger partial charge in [0.15, 0.2) is 0 Å². The third-order valence-corrected chi connectivity index (χ3v) is 1.41. The Balaban J connectivity index is 3.71. The minimum absolute atomic E-state index is 0.297. The summed E-state index contributed by atoms with van der Waals surface area (Å²) >= 11 is 0. The van der Waals surface area contributed by atoms with Crippen molar-refractivity contribution in [2.24, 2.45) is 0 Å². The molecule has 0 aromatic rings. The predicted molar refractivity (Wildman–Crippen MR) is 46.9 cm³/mol. The van der Waals surface area contributed by atoms with Gasteiger partial charge in [-0.1, -0.05) is 0 Å². The van der Waals surface area contributed by atoms with Gasteiger partial charge in [-0.25, -0.2) is 0 Å². The fraction of sp³-hybridized carbons (Fsp3) is 0.500. The predicted octanol–water partition coefficient (Wildman–Crippen LogP) is -0.641. The molecule has 0 heterocycles. The van der Waals surface area contributed by atoms with E-state index in [0.717, 1.165) is 0 Å². The molecule has 0 aliphatic carbocycles. The lowest BCUT2D eigenvalue weighted by atomic mass is 10.2. The second-order valence-electron chi connectivity index (χ2n) is 2.76. The van der Waals surface area contributed by atoms with Crippen molar-refractivity contribution in [2.45, 2.75) is 25.7 Å². The number of carbonyl (C=O) groups excluding carboxylic acids is 2. The first kappa shape index (κ1) is 13.1. The molecule has 84 valence electrons. The first-order valence-corrected chi connectivity index (χ1v) is 4.18. The summed E-state index contributed by atoms with van der Waals surface area (Å²) in [5, 5.41) is 18.3. The smallest absolute Gasteiger partial charge is 0.303 e. The summed E-state index contributed by atoms with van der Waals surface area (Å²) in [5.41, 5.74) is 0. The zero-order valence-corrected chi connectivity index (χ0v) is 7.86. The van der Waals surface area contributed by atoms with Crippen LogP contribution in [-0.2, 0) is 19.2 Å². The Hall–Kier alpha value is -1.92. The van der Waals surface area contributed by atoms with Crippen molar-refractivity contribution in [1.82, 2.24) is 5.32 Å². The molecule has 15 heavy (non-hydrogen) atoms. The van der Waals surface area contributed by atoms with Crippen molar-refractivity contribution in [3.8, 4) is 0 Å². The largest absolute Gasteiger partial charge is 0.481 e. The van der Waals surface area contributed by atoms with E-state index in [2.05, 4.69) is 0 Å². The molecule has 0 radical (unpaired) electrons. The van der Waals surface area contributed by atoms with E-state index in [4.69, 9.17) is 10.2 Å². The molecule has 0 saturated heterocycles. The van der Waals surface area contributed by atoms with E-state index in [9.17, 15) is 19.2 Å². The number of carbonyl (C=O) groups is 4. The third-order valence-electron chi connectivity index (χ3n) is 1.41. The topological polar surface area (TPSA) is 121 Å². The van der Waals surface area contributed by atoms with Crippen LogP contribution >= 0.6 is 0 Å². The molecule has 0 aliphatic heterocycles. The zero-order chi connectivity index (χ0) is 11.8. The lowest BCUT2D eigenvalue weighted by Gasteiger charge is -2.01. The fourth-order valence-electron chi connectivity index (χ4n) is 0.721. The summed E-state index contributed by atoms with van der Waals surface area (Å²) in [6.45, 7) is 0. The van der Waals surface area contributed by atoms with Gasteiger partial charge >= 0.3 is 11.9 Å². The number of imide groups is 1. The van der Waals surface area contributed by atoms with E-state index in [1.165, 1.54) is 0 Å². The molecule has 3 N–H and O–H groups in total. The Kier molecular flexibility index (Phi) is 5.69. The Bertz CT molecular complexity index is 257. The fourth-order valence-corrected chi connectivity index (χ4v) is 0.721. The van der Waals surface area contributed by atoms with Crippen molar-refractivity contribution in [2.75, 3.05) is 0 Å². The van der Waals surface area contributed by atoms with Crippen LogP contribution in [0.4, 0.5) is 0 Å². The van der Waals surface area contributed by atoms with E-state index in [-0.39, 0.29) is 25.7 Å². The van der Waals surface area contributed by atoms with Crippen molar-refractivity contribution in [3.63, 3.8) is 0 Å². The summed E-state index contributed by atoms with van der Waals surface area (Å²) in [6.07, 6.45) is -1.32. The van der Waals surface area contributed by atoms with Crippen molar-refractivity contribution < 1.29 is 29.4 Å². The lowest BCUT2D eigenvalue weighted by Crippen LogP contribution is -2.30. The molecule has 2 amide bonds. The number of amides is 2. The molecule has 0 aromatic carbocycles. The Morgan fingerprint density at radius 1 is 0.733 bits per heavy atom. The molecule has 0 unspecified atom stereocenters. The first-order chi connectivity index (χ1) is 6.91. The molecular weight excluding hydrogens is 206 g/mol.